The molecule has 1 aromatic carbocycles. The maximum Gasteiger partial charge on any atom is 0.337 e. The number of benzene rings is 1. The summed E-state index contributed by atoms with van der Waals surface area (Å²) in [4.78, 5) is 14.7. The predicted octanol–water partition coefficient (Wildman–Crippen LogP) is 1.52. The van der Waals surface area contributed by atoms with Crippen molar-refractivity contribution >= 4 is 22.6 Å². The molecule has 0 radical (unpaired) electrons. The number of fused-ring (bicyclic) bond motifs is 1. The molecule has 2 aromatic rings. The molecule has 0 unspecified atom stereocenters. The van der Waals surface area contributed by atoms with Crippen LogP contribution in [0.5, 0.6) is 0 Å². The Morgan fingerprint density at radius 1 is 1.36 bits per heavy atom. The van der Waals surface area contributed by atoms with Crippen molar-refractivity contribution in [1.29, 1.82) is 0 Å². The van der Waals surface area contributed by atoms with Gasteiger partial charge in [0, 0.05) is 17.3 Å². The maximum absolute atomic E-state index is 10.7. The molecule has 0 aliphatic carbocycles. The number of carboxylic acid groups (broad SMARTS) is 1. The zero-order chi connectivity index (χ0) is 10.1. The molecule has 2 rings (SSSR count). The summed E-state index contributed by atoms with van der Waals surface area (Å²) in [6, 6.07) is 6.75. The SMILES string of the molecule is Nc1ccc2ncc(C(=O)O)cc2c1. The van der Waals surface area contributed by atoms with E-state index in [1.807, 2.05) is 0 Å². The Balaban J connectivity index is 2.69. The summed E-state index contributed by atoms with van der Waals surface area (Å²) in [5, 5.41) is 9.48. The third-order valence-corrected chi connectivity index (χ3v) is 1.95. The van der Waals surface area contributed by atoms with Crippen LogP contribution in [0.15, 0.2) is 30.5 Å². The molecule has 1 heterocycles. The summed E-state index contributed by atoms with van der Waals surface area (Å²) in [6.45, 7) is 0. The van der Waals surface area contributed by atoms with Crippen LogP contribution in [0.3, 0.4) is 0 Å². The maximum atomic E-state index is 10.7. The third kappa shape index (κ3) is 1.37. The van der Waals surface area contributed by atoms with E-state index in [4.69, 9.17) is 10.8 Å². The normalized spacial score (nSPS) is 10.3. The summed E-state index contributed by atoms with van der Waals surface area (Å²) in [5.41, 5.74) is 7.08. The Morgan fingerprint density at radius 2 is 2.14 bits per heavy atom. The molecule has 0 spiro atoms. The lowest BCUT2D eigenvalue weighted by Crippen LogP contribution is -1.97. The fraction of sp³-hybridized carbons (Fsp3) is 0. The standard InChI is InChI=1S/C10H8N2O2/c11-8-1-2-9-6(4-8)3-7(5-12-9)10(13)14/h1-5H,11H2,(H,13,14). The molecule has 4 nitrogen and oxygen atoms in total. The quantitative estimate of drug-likeness (QED) is 0.665. The van der Waals surface area contributed by atoms with Gasteiger partial charge >= 0.3 is 5.97 Å². The highest BCUT2D eigenvalue weighted by atomic mass is 16.4. The topological polar surface area (TPSA) is 76.2 Å². The van der Waals surface area contributed by atoms with Gasteiger partial charge in [0.15, 0.2) is 0 Å². The Labute approximate surface area is 80.0 Å². The molecular formula is C10H8N2O2. The first-order chi connectivity index (χ1) is 6.66. The second kappa shape index (κ2) is 2.99. The van der Waals surface area contributed by atoms with Gasteiger partial charge in [-0.3, -0.25) is 4.98 Å². The molecule has 14 heavy (non-hydrogen) atoms. The number of aromatic nitrogens is 1. The van der Waals surface area contributed by atoms with Crippen molar-refractivity contribution in [2.24, 2.45) is 0 Å². The van der Waals surface area contributed by atoms with Gasteiger partial charge in [0.05, 0.1) is 11.1 Å². The van der Waals surface area contributed by atoms with Crippen LogP contribution in [0.1, 0.15) is 10.4 Å². The Kier molecular flexibility index (Phi) is 1.81. The Morgan fingerprint density at radius 3 is 2.86 bits per heavy atom. The van der Waals surface area contributed by atoms with Crippen molar-refractivity contribution in [2.75, 3.05) is 5.73 Å². The molecular weight excluding hydrogens is 180 g/mol. The fourth-order valence-corrected chi connectivity index (χ4v) is 1.27. The van der Waals surface area contributed by atoms with Gasteiger partial charge in [0.1, 0.15) is 0 Å². The van der Waals surface area contributed by atoms with Crippen LogP contribution in [0.2, 0.25) is 0 Å². The van der Waals surface area contributed by atoms with E-state index in [-0.39, 0.29) is 5.56 Å². The summed E-state index contributed by atoms with van der Waals surface area (Å²) in [7, 11) is 0. The molecule has 1 aromatic heterocycles. The van der Waals surface area contributed by atoms with Gasteiger partial charge in [0.2, 0.25) is 0 Å². The minimum Gasteiger partial charge on any atom is -0.478 e. The lowest BCUT2D eigenvalue weighted by molar-refractivity contribution is 0.0696. The number of aromatic carboxylic acids is 1. The minimum atomic E-state index is -0.984. The first-order valence-corrected chi connectivity index (χ1v) is 4.05. The van der Waals surface area contributed by atoms with Crippen LogP contribution < -0.4 is 5.73 Å². The monoisotopic (exact) mass is 188 g/mol. The van der Waals surface area contributed by atoms with Crippen molar-refractivity contribution < 1.29 is 9.90 Å². The van der Waals surface area contributed by atoms with Crippen LogP contribution in [0.4, 0.5) is 5.69 Å². The van der Waals surface area contributed by atoms with E-state index in [0.29, 0.717) is 5.69 Å². The van der Waals surface area contributed by atoms with Gasteiger partial charge in [-0.2, -0.15) is 0 Å². The summed E-state index contributed by atoms with van der Waals surface area (Å²) < 4.78 is 0. The van der Waals surface area contributed by atoms with Crippen molar-refractivity contribution in [3.8, 4) is 0 Å². The lowest BCUT2D eigenvalue weighted by Gasteiger charge is -1.99. The number of nitrogen functional groups attached to an aromatic ring is 1. The van der Waals surface area contributed by atoms with Crippen molar-refractivity contribution in [3.63, 3.8) is 0 Å². The van der Waals surface area contributed by atoms with Gasteiger partial charge in [-0.25, -0.2) is 4.79 Å². The Bertz CT molecular complexity index is 508. The molecule has 4 heteroatoms. The number of carbonyl (C=O) groups is 1. The van der Waals surface area contributed by atoms with Crippen LogP contribution in [0.25, 0.3) is 10.9 Å². The van der Waals surface area contributed by atoms with Crippen LogP contribution in [-0.2, 0) is 0 Å². The van der Waals surface area contributed by atoms with E-state index in [1.165, 1.54) is 6.20 Å². The third-order valence-electron chi connectivity index (χ3n) is 1.95. The van der Waals surface area contributed by atoms with E-state index in [0.717, 1.165) is 10.9 Å². The summed E-state index contributed by atoms with van der Waals surface area (Å²) >= 11 is 0. The largest absolute Gasteiger partial charge is 0.478 e. The fourth-order valence-electron chi connectivity index (χ4n) is 1.27. The zero-order valence-corrected chi connectivity index (χ0v) is 7.27. The van der Waals surface area contributed by atoms with Crippen molar-refractivity contribution in [3.05, 3.63) is 36.0 Å². The van der Waals surface area contributed by atoms with Gasteiger partial charge in [-0.15, -0.1) is 0 Å². The molecule has 0 saturated heterocycles. The van der Waals surface area contributed by atoms with Crippen molar-refractivity contribution in [1.82, 2.24) is 4.98 Å². The molecule has 0 bridgehead atoms. The number of carboxylic acids is 1. The second-order valence-corrected chi connectivity index (χ2v) is 2.98. The smallest absolute Gasteiger partial charge is 0.337 e. The highest BCUT2D eigenvalue weighted by Gasteiger charge is 2.04. The van der Waals surface area contributed by atoms with E-state index in [2.05, 4.69) is 4.98 Å². The average molecular weight is 188 g/mol. The van der Waals surface area contributed by atoms with E-state index < -0.39 is 5.97 Å². The molecule has 0 saturated carbocycles. The van der Waals surface area contributed by atoms with Gasteiger partial charge < -0.3 is 10.8 Å². The zero-order valence-electron chi connectivity index (χ0n) is 7.27. The van der Waals surface area contributed by atoms with Crippen LogP contribution in [-0.4, -0.2) is 16.1 Å². The van der Waals surface area contributed by atoms with Gasteiger partial charge in [0.25, 0.3) is 0 Å². The Hall–Kier alpha value is -2.10. The highest BCUT2D eigenvalue weighted by molar-refractivity contribution is 5.93. The van der Waals surface area contributed by atoms with E-state index >= 15 is 0 Å². The average Bonchev–Trinajstić information content (AvgIpc) is 2.16. The number of rotatable bonds is 1. The van der Waals surface area contributed by atoms with Gasteiger partial charge in [-0.05, 0) is 24.3 Å². The molecule has 0 amide bonds. The predicted molar refractivity (Wildman–Crippen MR) is 53.1 cm³/mol. The number of nitrogens with zero attached hydrogens (tertiary/aromatic N) is 1. The number of pyridine rings is 1. The number of hydrogen-bond donors (Lipinski definition) is 2. The van der Waals surface area contributed by atoms with Crippen molar-refractivity contribution in [2.45, 2.75) is 0 Å². The molecule has 70 valence electrons. The van der Waals surface area contributed by atoms with E-state index in [9.17, 15) is 4.79 Å². The summed E-state index contributed by atoms with van der Waals surface area (Å²) in [6.07, 6.45) is 1.33. The van der Waals surface area contributed by atoms with Crippen LogP contribution >= 0.6 is 0 Å². The first-order valence-electron chi connectivity index (χ1n) is 4.05. The highest BCUT2D eigenvalue weighted by Crippen LogP contribution is 2.16. The van der Waals surface area contributed by atoms with Crippen LogP contribution in [0, 0.1) is 0 Å². The first kappa shape index (κ1) is 8.50. The molecule has 0 fully saturated rings. The second-order valence-electron chi connectivity index (χ2n) is 2.98. The number of hydrogen-bond acceptors (Lipinski definition) is 3. The molecule has 0 atom stereocenters. The minimum absolute atomic E-state index is 0.170. The number of nitrogens with two attached hydrogens (primary N) is 1. The summed E-state index contributed by atoms with van der Waals surface area (Å²) in [5.74, 6) is -0.984. The number of anilines is 1. The molecule has 0 aliphatic heterocycles. The molecule has 0 aliphatic rings. The van der Waals surface area contributed by atoms with Gasteiger partial charge in [-0.1, -0.05) is 0 Å². The van der Waals surface area contributed by atoms with E-state index in [1.54, 1.807) is 24.3 Å². The lowest BCUT2D eigenvalue weighted by atomic mass is 10.1. The molecule has 3 N–H and O–H groups in total.